The number of aryl methyl sites for hydroxylation is 2. The molecule has 0 aliphatic rings. The van der Waals surface area contributed by atoms with Gasteiger partial charge in [0.05, 0.1) is 22.5 Å². The van der Waals surface area contributed by atoms with Gasteiger partial charge in [-0.1, -0.05) is 40.7 Å². The smallest absolute Gasteiger partial charge is 0.269 e. The van der Waals surface area contributed by atoms with Crippen LogP contribution in [0.1, 0.15) is 11.5 Å². The largest absolute Gasteiger partial charge is 0.361 e. The van der Waals surface area contributed by atoms with Gasteiger partial charge in [0.15, 0.2) is 0 Å². The quantitative estimate of drug-likeness (QED) is 0.384. The van der Waals surface area contributed by atoms with Crippen LogP contribution < -0.4 is 0 Å². The molecule has 0 aliphatic heterocycles. The van der Waals surface area contributed by atoms with E-state index in [4.69, 9.17) is 4.52 Å². The number of aromatic nitrogens is 4. The van der Waals surface area contributed by atoms with Crippen LogP contribution in [-0.2, 0) is 12.8 Å². The summed E-state index contributed by atoms with van der Waals surface area (Å²) in [6, 6.07) is 18.0. The molecule has 0 saturated heterocycles. The number of nitro groups is 1. The summed E-state index contributed by atoms with van der Waals surface area (Å²) in [6.45, 7) is 0. The predicted molar refractivity (Wildman–Crippen MR) is 97.4 cm³/mol. The standard InChI is InChI=1S/C19H15N5O3/c25-24(26)16-8-6-15(7-9-16)23-17(13-20-22-23)10-11-18-12-19(21-27-18)14-4-2-1-3-5-14/h1-9,12-13H,10-11H2. The second-order valence-corrected chi connectivity index (χ2v) is 5.96. The van der Waals surface area contributed by atoms with Crippen LogP contribution in [-0.4, -0.2) is 25.1 Å². The fourth-order valence-electron chi connectivity index (χ4n) is 2.79. The minimum absolute atomic E-state index is 0.0375. The minimum atomic E-state index is -0.430. The summed E-state index contributed by atoms with van der Waals surface area (Å²) in [5.74, 6) is 0.769. The van der Waals surface area contributed by atoms with Crippen LogP contribution in [0.3, 0.4) is 0 Å². The van der Waals surface area contributed by atoms with Crippen molar-refractivity contribution < 1.29 is 9.45 Å². The molecule has 8 nitrogen and oxygen atoms in total. The van der Waals surface area contributed by atoms with Gasteiger partial charge in [0.2, 0.25) is 0 Å². The molecule has 0 amide bonds. The van der Waals surface area contributed by atoms with Crippen molar-refractivity contribution >= 4 is 5.69 Å². The molecule has 27 heavy (non-hydrogen) atoms. The monoisotopic (exact) mass is 361 g/mol. The zero-order valence-corrected chi connectivity index (χ0v) is 14.2. The molecule has 2 aromatic heterocycles. The van der Waals surface area contributed by atoms with E-state index in [1.165, 1.54) is 12.1 Å². The number of rotatable bonds is 6. The maximum absolute atomic E-state index is 10.8. The third kappa shape index (κ3) is 3.59. The van der Waals surface area contributed by atoms with Crippen molar-refractivity contribution in [3.63, 3.8) is 0 Å². The molecule has 4 rings (SSSR count). The number of non-ortho nitro benzene ring substituents is 1. The van der Waals surface area contributed by atoms with Gasteiger partial charge in [0.25, 0.3) is 5.69 Å². The molecule has 0 radical (unpaired) electrons. The Hall–Kier alpha value is -3.81. The van der Waals surface area contributed by atoms with E-state index in [2.05, 4.69) is 15.5 Å². The maximum atomic E-state index is 10.8. The lowest BCUT2D eigenvalue weighted by Crippen LogP contribution is -2.03. The lowest BCUT2D eigenvalue weighted by molar-refractivity contribution is -0.384. The van der Waals surface area contributed by atoms with E-state index >= 15 is 0 Å². The first kappa shape index (κ1) is 16.6. The van der Waals surface area contributed by atoms with E-state index in [1.54, 1.807) is 23.0 Å². The van der Waals surface area contributed by atoms with Crippen LogP contribution in [0.4, 0.5) is 5.69 Å². The molecular formula is C19H15N5O3. The Morgan fingerprint density at radius 2 is 1.81 bits per heavy atom. The highest BCUT2D eigenvalue weighted by atomic mass is 16.6. The van der Waals surface area contributed by atoms with Crippen molar-refractivity contribution in [1.29, 1.82) is 0 Å². The molecule has 0 N–H and O–H groups in total. The number of nitrogens with zero attached hydrogens (tertiary/aromatic N) is 5. The van der Waals surface area contributed by atoms with Crippen LogP contribution in [0.5, 0.6) is 0 Å². The van der Waals surface area contributed by atoms with E-state index in [9.17, 15) is 10.1 Å². The molecule has 2 heterocycles. The van der Waals surface area contributed by atoms with Gasteiger partial charge in [0.1, 0.15) is 11.5 Å². The Morgan fingerprint density at radius 1 is 1.04 bits per heavy atom. The fraction of sp³-hybridized carbons (Fsp3) is 0.105. The summed E-state index contributed by atoms with van der Waals surface area (Å²) in [5.41, 5.74) is 3.44. The summed E-state index contributed by atoms with van der Waals surface area (Å²) >= 11 is 0. The SMILES string of the molecule is O=[N+]([O-])c1ccc(-n2nncc2CCc2cc(-c3ccccc3)no2)cc1. The minimum Gasteiger partial charge on any atom is -0.361 e. The zero-order chi connectivity index (χ0) is 18.6. The average molecular weight is 361 g/mol. The van der Waals surface area contributed by atoms with E-state index in [-0.39, 0.29) is 5.69 Å². The zero-order valence-electron chi connectivity index (χ0n) is 14.2. The Kier molecular flexibility index (Phi) is 4.44. The molecule has 0 unspecified atom stereocenters. The van der Waals surface area contributed by atoms with Crippen molar-refractivity contribution in [1.82, 2.24) is 20.2 Å². The number of hydrogen-bond acceptors (Lipinski definition) is 6. The average Bonchev–Trinajstić information content (AvgIpc) is 3.36. The number of benzene rings is 2. The Balaban J connectivity index is 1.48. The van der Waals surface area contributed by atoms with Gasteiger partial charge in [-0.3, -0.25) is 10.1 Å². The van der Waals surface area contributed by atoms with E-state index < -0.39 is 4.92 Å². The van der Waals surface area contributed by atoms with Crippen LogP contribution >= 0.6 is 0 Å². The summed E-state index contributed by atoms with van der Waals surface area (Å²) in [5, 5.41) is 22.9. The highest BCUT2D eigenvalue weighted by Gasteiger charge is 2.12. The summed E-state index contributed by atoms with van der Waals surface area (Å²) in [7, 11) is 0. The maximum Gasteiger partial charge on any atom is 0.269 e. The van der Waals surface area contributed by atoms with Crippen LogP contribution in [0.15, 0.2) is 71.4 Å². The Bertz CT molecular complexity index is 1050. The summed E-state index contributed by atoms with van der Waals surface area (Å²) < 4.78 is 7.09. The molecule has 0 fully saturated rings. The predicted octanol–water partition coefficient (Wildman–Crippen LogP) is 3.62. The van der Waals surface area contributed by atoms with Gasteiger partial charge < -0.3 is 4.52 Å². The van der Waals surface area contributed by atoms with Gasteiger partial charge in [-0.15, -0.1) is 5.10 Å². The lowest BCUT2D eigenvalue weighted by atomic mass is 10.1. The van der Waals surface area contributed by atoms with Gasteiger partial charge in [-0.25, -0.2) is 4.68 Å². The van der Waals surface area contributed by atoms with E-state index in [0.29, 0.717) is 12.8 Å². The van der Waals surface area contributed by atoms with Crippen molar-refractivity contribution in [2.24, 2.45) is 0 Å². The van der Waals surface area contributed by atoms with Crippen molar-refractivity contribution in [2.75, 3.05) is 0 Å². The summed E-state index contributed by atoms with van der Waals surface area (Å²) in [4.78, 5) is 10.4. The van der Waals surface area contributed by atoms with Crippen LogP contribution in [0, 0.1) is 10.1 Å². The van der Waals surface area contributed by atoms with Crippen molar-refractivity contribution in [3.05, 3.63) is 88.4 Å². The highest BCUT2D eigenvalue weighted by molar-refractivity contribution is 5.58. The first-order valence-electron chi connectivity index (χ1n) is 8.36. The van der Waals surface area contributed by atoms with Crippen molar-refractivity contribution in [3.8, 4) is 16.9 Å². The van der Waals surface area contributed by atoms with Gasteiger partial charge in [-0.2, -0.15) is 0 Å². The van der Waals surface area contributed by atoms with Crippen LogP contribution in [0.25, 0.3) is 16.9 Å². The molecule has 2 aromatic carbocycles. The molecule has 0 bridgehead atoms. The van der Waals surface area contributed by atoms with Gasteiger partial charge in [-0.05, 0) is 18.6 Å². The van der Waals surface area contributed by atoms with Crippen LogP contribution in [0.2, 0.25) is 0 Å². The molecule has 134 valence electrons. The Labute approximate surface area is 154 Å². The lowest BCUT2D eigenvalue weighted by Gasteiger charge is -2.05. The molecule has 0 aliphatic carbocycles. The first-order chi connectivity index (χ1) is 13.2. The first-order valence-corrected chi connectivity index (χ1v) is 8.36. The van der Waals surface area contributed by atoms with E-state index in [0.717, 1.165) is 28.4 Å². The summed E-state index contributed by atoms with van der Waals surface area (Å²) in [6.07, 6.45) is 2.96. The van der Waals surface area contributed by atoms with E-state index in [1.807, 2.05) is 36.4 Å². The number of hydrogen-bond donors (Lipinski definition) is 0. The molecule has 8 heteroatoms. The van der Waals surface area contributed by atoms with Crippen molar-refractivity contribution in [2.45, 2.75) is 12.8 Å². The highest BCUT2D eigenvalue weighted by Crippen LogP contribution is 2.20. The molecule has 0 atom stereocenters. The fourth-order valence-corrected chi connectivity index (χ4v) is 2.79. The van der Waals surface area contributed by atoms with Gasteiger partial charge in [0, 0.05) is 30.2 Å². The second-order valence-electron chi connectivity index (χ2n) is 5.96. The second kappa shape index (κ2) is 7.20. The molecular weight excluding hydrogens is 346 g/mol. The number of nitro benzene ring substituents is 1. The third-order valence-electron chi connectivity index (χ3n) is 4.18. The van der Waals surface area contributed by atoms with Gasteiger partial charge >= 0.3 is 0 Å². The normalized spacial score (nSPS) is 10.8. The molecule has 0 saturated carbocycles. The third-order valence-corrected chi connectivity index (χ3v) is 4.18. The molecule has 0 spiro atoms. The Morgan fingerprint density at radius 3 is 2.56 bits per heavy atom. The topological polar surface area (TPSA) is 99.9 Å². The molecule has 4 aromatic rings.